The van der Waals surface area contributed by atoms with Crippen molar-refractivity contribution in [2.45, 2.75) is 32.2 Å². The van der Waals surface area contributed by atoms with Gasteiger partial charge in [0.1, 0.15) is 0 Å². The van der Waals surface area contributed by atoms with E-state index in [9.17, 15) is 0 Å². The summed E-state index contributed by atoms with van der Waals surface area (Å²) in [5.41, 5.74) is 5.51. The average Bonchev–Trinajstić information content (AvgIpc) is 2.82. The molecule has 1 nitrogen and oxygen atoms in total. The van der Waals surface area contributed by atoms with Gasteiger partial charge in [0.15, 0.2) is 0 Å². The van der Waals surface area contributed by atoms with Crippen molar-refractivity contribution in [2.24, 2.45) is 0 Å². The number of fused-ring (bicyclic) bond motifs is 1. The monoisotopic (exact) mass is 237 g/mol. The summed E-state index contributed by atoms with van der Waals surface area (Å²) in [6, 6.07) is 18.1. The lowest BCUT2D eigenvalue weighted by molar-refractivity contribution is 0.816. The van der Waals surface area contributed by atoms with Crippen LogP contribution in [0.5, 0.6) is 0 Å². The molecule has 2 aromatic carbocycles. The van der Waals surface area contributed by atoms with Crippen LogP contribution in [0.2, 0.25) is 0 Å². The number of rotatable bonds is 2. The number of para-hydroxylation sites is 1. The van der Waals surface area contributed by atoms with Gasteiger partial charge in [0.2, 0.25) is 0 Å². The first-order chi connectivity index (χ1) is 8.74. The quantitative estimate of drug-likeness (QED) is 0.809. The zero-order chi connectivity index (χ0) is 12.5. The molecule has 2 aromatic rings. The Labute approximate surface area is 109 Å². The van der Waals surface area contributed by atoms with E-state index >= 15 is 0 Å². The van der Waals surface area contributed by atoms with Gasteiger partial charge in [0.25, 0.3) is 0 Å². The van der Waals surface area contributed by atoms with Gasteiger partial charge in [-0.2, -0.15) is 0 Å². The third-order valence-electron chi connectivity index (χ3n) is 3.78. The van der Waals surface area contributed by atoms with E-state index in [2.05, 4.69) is 67.7 Å². The summed E-state index contributed by atoms with van der Waals surface area (Å²) in [5.74, 6) is 0.604. The second-order valence-corrected chi connectivity index (χ2v) is 5.38. The lowest BCUT2D eigenvalue weighted by Gasteiger charge is -2.13. The van der Waals surface area contributed by atoms with Crippen molar-refractivity contribution in [3.05, 3.63) is 65.2 Å². The smallest absolute Gasteiger partial charge is 0.0555 e. The first kappa shape index (κ1) is 11.3. The summed E-state index contributed by atoms with van der Waals surface area (Å²) in [6.07, 6.45) is 1.09. The van der Waals surface area contributed by atoms with Crippen LogP contribution in [0, 0.1) is 0 Å². The SMILES string of the molecule is CC(C)c1ccc([C@H]2Cc3ccccc3N2)cc1. The zero-order valence-corrected chi connectivity index (χ0v) is 11.0. The molecule has 92 valence electrons. The lowest BCUT2D eigenvalue weighted by atomic mass is 9.98. The molecule has 0 aromatic heterocycles. The molecule has 0 bridgehead atoms. The molecule has 0 saturated carbocycles. The third-order valence-corrected chi connectivity index (χ3v) is 3.78. The first-order valence-corrected chi connectivity index (χ1v) is 6.68. The molecule has 0 unspecified atom stereocenters. The van der Waals surface area contributed by atoms with Gasteiger partial charge in [-0.15, -0.1) is 0 Å². The van der Waals surface area contributed by atoms with E-state index in [1.54, 1.807) is 0 Å². The highest BCUT2D eigenvalue weighted by Gasteiger charge is 2.21. The van der Waals surface area contributed by atoms with Crippen LogP contribution in [-0.2, 0) is 6.42 Å². The van der Waals surface area contributed by atoms with Crippen molar-refractivity contribution in [2.75, 3.05) is 5.32 Å². The maximum atomic E-state index is 3.60. The van der Waals surface area contributed by atoms with E-state index in [-0.39, 0.29) is 0 Å². The van der Waals surface area contributed by atoms with Crippen LogP contribution in [-0.4, -0.2) is 0 Å². The molecular formula is C17H19N. The van der Waals surface area contributed by atoms with Crippen molar-refractivity contribution >= 4 is 5.69 Å². The molecule has 0 spiro atoms. The van der Waals surface area contributed by atoms with Crippen LogP contribution in [0.4, 0.5) is 5.69 Å². The van der Waals surface area contributed by atoms with E-state index < -0.39 is 0 Å². The standard InChI is InChI=1S/C17H19N/c1-12(2)13-7-9-14(10-8-13)17-11-15-5-3-4-6-16(15)18-17/h3-10,12,17-18H,11H2,1-2H3/t17-/m1/s1. The fraction of sp³-hybridized carbons (Fsp3) is 0.294. The Balaban J connectivity index is 1.82. The van der Waals surface area contributed by atoms with Gasteiger partial charge in [0.05, 0.1) is 6.04 Å². The molecule has 0 fully saturated rings. The largest absolute Gasteiger partial charge is 0.378 e. The van der Waals surface area contributed by atoms with Crippen molar-refractivity contribution in [1.82, 2.24) is 0 Å². The highest BCUT2D eigenvalue weighted by Crippen LogP contribution is 2.34. The number of hydrogen-bond donors (Lipinski definition) is 1. The second kappa shape index (κ2) is 4.49. The number of anilines is 1. The van der Waals surface area contributed by atoms with Gasteiger partial charge in [-0.3, -0.25) is 0 Å². The maximum Gasteiger partial charge on any atom is 0.0555 e. The van der Waals surface area contributed by atoms with Crippen molar-refractivity contribution in [3.8, 4) is 0 Å². The van der Waals surface area contributed by atoms with Crippen molar-refractivity contribution in [1.29, 1.82) is 0 Å². The maximum absolute atomic E-state index is 3.60. The summed E-state index contributed by atoms with van der Waals surface area (Å²) in [4.78, 5) is 0. The van der Waals surface area contributed by atoms with Gasteiger partial charge in [-0.05, 0) is 35.1 Å². The van der Waals surface area contributed by atoms with Crippen LogP contribution >= 0.6 is 0 Å². The topological polar surface area (TPSA) is 12.0 Å². The van der Waals surface area contributed by atoms with E-state index in [1.807, 2.05) is 0 Å². The highest BCUT2D eigenvalue weighted by atomic mass is 14.9. The molecule has 1 N–H and O–H groups in total. The highest BCUT2D eigenvalue weighted by molar-refractivity contribution is 5.58. The van der Waals surface area contributed by atoms with Crippen LogP contribution in [0.1, 0.15) is 42.5 Å². The third kappa shape index (κ3) is 2.01. The normalized spacial score (nSPS) is 17.6. The van der Waals surface area contributed by atoms with Crippen LogP contribution in [0.15, 0.2) is 48.5 Å². The fourth-order valence-electron chi connectivity index (χ4n) is 2.61. The predicted octanol–water partition coefficient (Wildman–Crippen LogP) is 4.52. The molecule has 0 amide bonds. The van der Waals surface area contributed by atoms with Crippen LogP contribution < -0.4 is 5.32 Å². The molecule has 1 heteroatoms. The summed E-state index contributed by atoms with van der Waals surface area (Å²) in [5, 5.41) is 3.60. The van der Waals surface area contributed by atoms with E-state index in [0.717, 1.165) is 6.42 Å². The predicted molar refractivity (Wildman–Crippen MR) is 77.0 cm³/mol. The average molecular weight is 237 g/mol. The molecule has 0 saturated heterocycles. The van der Waals surface area contributed by atoms with Crippen LogP contribution in [0.3, 0.4) is 0 Å². The summed E-state index contributed by atoms with van der Waals surface area (Å²) in [6.45, 7) is 4.47. The number of benzene rings is 2. The number of nitrogens with one attached hydrogen (secondary N) is 1. The summed E-state index contributed by atoms with van der Waals surface area (Å²) < 4.78 is 0. The Morgan fingerprint density at radius 2 is 1.72 bits per heavy atom. The zero-order valence-electron chi connectivity index (χ0n) is 11.0. The minimum absolute atomic E-state index is 0.434. The molecule has 0 radical (unpaired) electrons. The second-order valence-electron chi connectivity index (χ2n) is 5.38. The summed E-state index contributed by atoms with van der Waals surface area (Å²) in [7, 11) is 0. The summed E-state index contributed by atoms with van der Waals surface area (Å²) >= 11 is 0. The van der Waals surface area contributed by atoms with Gasteiger partial charge in [0, 0.05) is 5.69 Å². The van der Waals surface area contributed by atoms with Crippen molar-refractivity contribution in [3.63, 3.8) is 0 Å². The van der Waals surface area contributed by atoms with Gasteiger partial charge in [-0.25, -0.2) is 0 Å². The Morgan fingerprint density at radius 1 is 1.00 bits per heavy atom. The molecule has 0 aliphatic carbocycles. The van der Waals surface area contributed by atoms with Crippen molar-refractivity contribution < 1.29 is 0 Å². The Kier molecular flexibility index (Phi) is 2.83. The van der Waals surface area contributed by atoms with Gasteiger partial charge >= 0.3 is 0 Å². The Bertz CT molecular complexity index is 515. The molecule has 1 atom stereocenters. The Morgan fingerprint density at radius 3 is 2.39 bits per heavy atom. The lowest BCUT2D eigenvalue weighted by Crippen LogP contribution is -2.05. The van der Waals surface area contributed by atoms with Crippen LogP contribution in [0.25, 0.3) is 0 Å². The molecular weight excluding hydrogens is 218 g/mol. The fourth-order valence-corrected chi connectivity index (χ4v) is 2.61. The van der Waals surface area contributed by atoms with E-state index in [0.29, 0.717) is 12.0 Å². The van der Waals surface area contributed by atoms with E-state index in [4.69, 9.17) is 0 Å². The van der Waals surface area contributed by atoms with Gasteiger partial charge in [-0.1, -0.05) is 56.3 Å². The first-order valence-electron chi connectivity index (χ1n) is 6.68. The van der Waals surface area contributed by atoms with E-state index in [1.165, 1.54) is 22.4 Å². The molecule has 3 rings (SSSR count). The molecule has 1 aliphatic rings. The minimum atomic E-state index is 0.434. The Hall–Kier alpha value is -1.76. The molecule has 1 aliphatic heterocycles. The van der Waals surface area contributed by atoms with Gasteiger partial charge < -0.3 is 5.32 Å². The molecule has 18 heavy (non-hydrogen) atoms. The molecule has 1 heterocycles. The minimum Gasteiger partial charge on any atom is -0.378 e. The number of hydrogen-bond acceptors (Lipinski definition) is 1.